The monoisotopic (exact) mass is 512 g/mol. The van der Waals surface area contributed by atoms with E-state index in [1.165, 1.54) is 62.9 Å². The summed E-state index contributed by atoms with van der Waals surface area (Å²) < 4.78 is 38.5. The number of nitro benzene ring substituents is 1. The Morgan fingerprint density at radius 3 is 2.25 bits per heavy atom. The molecule has 0 spiro atoms. The van der Waals surface area contributed by atoms with E-state index in [4.69, 9.17) is 9.47 Å². The number of anilines is 1. The van der Waals surface area contributed by atoms with Crippen molar-refractivity contribution in [1.82, 2.24) is 5.43 Å². The molecule has 11 nitrogen and oxygen atoms in total. The largest absolute Gasteiger partial charge is 0.493 e. The van der Waals surface area contributed by atoms with Gasteiger partial charge in [0.25, 0.3) is 21.6 Å². The second kappa shape index (κ2) is 11.3. The first-order valence-corrected chi connectivity index (χ1v) is 12.0. The Hall–Kier alpha value is -4.45. The minimum Gasteiger partial charge on any atom is -0.493 e. The lowest BCUT2D eigenvalue weighted by molar-refractivity contribution is -0.384. The molecule has 0 radical (unpaired) electrons. The van der Waals surface area contributed by atoms with E-state index in [0.29, 0.717) is 11.3 Å². The number of amides is 1. The predicted octanol–water partition coefficient (Wildman–Crippen LogP) is 3.27. The van der Waals surface area contributed by atoms with Crippen molar-refractivity contribution in [2.75, 3.05) is 25.1 Å². The van der Waals surface area contributed by atoms with Crippen LogP contribution in [0.2, 0.25) is 0 Å². The van der Waals surface area contributed by atoms with Gasteiger partial charge in [0.1, 0.15) is 6.54 Å². The molecule has 36 heavy (non-hydrogen) atoms. The summed E-state index contributed by atoms with van der Waals surface area (Å²) in [5, 5.41) is 14.6. The third-order valence-electron chi connectivity index (χ3n) is 5.06. The van der Waals surface area contributed by atoms with Crippen LogP contribution in [-0.4, -0.2) is 46.2 Å². The van der Waals surface area contributed by atoms with Crippen LogP contribution in [0.3, 0.4) is 0 Å². The van der Waals surface area contributed by atoms with E-state index in [9.17, 15) is 23.3 Å². The molecule has 0 heterocycles. The molecule has 3 rings (SSSR count). The number of hydrazone groups is 1. The standard InChI is InChI=1S/C24H24N4O7S/c1-17-4-8-19(9-5-17)27(36(32,33)21-12-13-22(34-2)23(14-21)35-3)16-24(29)26-25-15-18-6-10-20(11-7-18)28(30)31/h4-15H,16H2,1-3H3,(H,26,29)/b25-15-. The number of nitro groups is 1. The summed E-state index contributed by atoms with van der Waals surface area (Å²) >= 11 is 0. The molecule has 3 aromatic rings. The summed E-state index contributed by atoms with van der Waals surface area (Å²) in [5.74, 6) is -0.117. The number of carbonyl (C=O) groups excluding carboxylic acids is 1. The molecule has 0 aromatic heterocycles. The number of carbonyl (C=O) groups is 1. The topological polar surface area (TPSA) is 140 Å². The molecule has 3 aromatic carbocycles. The van der Waals surface area contributed by atoms with Crippen molar-refractivity contribution in [3.05, 3.63) is 88.0 Å². The van der Waals surface area contributed by atoms with Crippen LogP contribution >= 0.6 is 0 Å². The smallest absolute Gasteiger partial charge is 0.269 e. The zero-order chi connectivity index (χ0) is 26.3. The Kier molecular flexibility index (Phi) is 8.22. The van der Waals surface area contributed by atoms with Crippen LogP contribution in [0, 0.1) is 17.0 Å². The van der Waals surface area contributed by atoms with E-state index < -0.39 is 27.4 Å². The van der Waals surface area contributed by atoms with Gasteiger partial charge in [-0.15, -0.1) is 0 Å². The van der Waals surface area contributed by atoms with Crippen molar-refractivity contribution in [2.24, 2.45) is 5.10 Å². The lowest BCUT2D eigenvalue weighted by Gasteiger charge is -2.24. The van der Waals surface area contributed by atoms with Gasteiger partial charge in [-0.05, 0) is 48.9 Å². The van der Waals surface area contributed by atoms with Gasteiger partial charge >= 0.3 is 0 Å². The minimum atomic E-state index is -4.19. The summed E-state index contributed by atoms with van der Waals surface area (Å²) in [7, 11) is -1.36. The van der Waals surface area contributed by atoms with Crippen LogP contribution in [0.1, 0.15) is 11.1 Å². The first kappa shape index (κ1) is 26.2. The summed E-state index contributed by atoms with van der Waals surface area (Å²) in [6, 6.07) is 16.4. The van der Waals surface area contributed by atoms with Gasteiger partial charge in [-0.1, -0.05) is 17.7 Å². The second-order valence-electron chi connectivity index (χ2n) is 7.51. The molecule has 0 saturated carbocycles. The van der Waals surface area contributed by atoms with Crippen molar-refractivity contribution < 1.29 is 27.6 Å². The van der Waals surface area contributed by atoms with Crippen LogP contribution < -0.4 is 19.2 Å². The zero-order valence-corrected chi connectivity index (χ0v) is 20.6. The maximum Gasteiger partial charge on any atom is 0.269 e. The molecular formula is C24H24N4O7S. The predicted molar refractivity (Wildman–Crippen MR) is 134 cm³/mol. The van der Waals surface area contributed by atoms with Gasteiger partial charge in [0.05, 0.1) is 35.9 Å². The number of rotatable bonds is 10. The number of hydrogen-bond donors (Lipinski definition) is 1. The Balaban J connectivity index is 1.85. The number of hydrogen-bond acceptors (Lipinski definition) is 8. The summed E-state index contributed by atoms with van der Waals surface area (Å²) in [5.41, 5.74) is 3.92. The maximum atomic E-state index is 13.6. The second-order valence-corrected chi connectivity index (χ2v) is 9.37. The van der Waals surface area contributed by atoms with E-state index in [2.05, 4.69) is 10.5 Å². The normalized spacial score (nSPS) is 11.2. The van der Waals surface area contributed by atoms with Gasteiger partial charge in [-0.3, -0.25) is 19.2 Å². The highest BCUT2D eigenvalue weighted by molar-refractivity contribution is 7.92. The fraction of sp³-hybridized carbons (Fsp3) is 0.167. The Bertz CT molecular complexity index is 1370. The van der Waals surface area contributed by atoms with Gasteiger partial charge < -0.3 is 9.47 Å². The molecule has 0 aliphatic rings. The first-order valence-electron chi connectivity index (χ1n) is 10.5. The Morgan fingerprint density at radius 2 is 1.67 bits per heavy atom. The number of benzene rings is 3. The van der Waals surface area contributed by atoms with Crippen LogP contribution in [0.25, 0.3) is 0 Å². The third kappa shape index (κ3) is 6.16. The number of nitrogens with one attached hydrogen (secondary N) is 1. The molecule has 0 aliphatic heterocycles. The minimum absolute atomic E-state index is 0.0784. The van der Waals surface area contributed by atoms with E-state index >= 15 is 0 Å². The summed E-state index contributed by atoms with van der Waals surface area (Å²) in [6.07, 6.45) is 1.29. The third-order valence-corrected chi connectivity index (χ3v) is 6.83. The molecule has 0 aliphatic carbocycles. The first-order chi connectivity index (χ1) is 17.1. The fourth-order valence-corrected chi connectivity index (χ4v) is 4.59. The van der Waals surface area contributed by atoms with Crippen molar-refractivity contribution in [3.63, 3.8) is 0 Å². The van der Waals surface area contributed by atoms with Crippen LogP contribution in [0.5, 0.6) is 11.5 Å². The van der Waals surface area contributed by atoms with Gasteiger partial charge in [0, 0.05) is 18.2 Å². The van der Waals surface area contributed by atoms with E-state index in [0.717, 1.165) is 9.87 Å². The molecular weight excluding hydrogens is 488 g/mol. The summed E-state index contributed by atoms with van der Waals surface area (Å²) in [4.78, 5) is 22.8. The Labute approximate surface area is 208 Å². The highest BCUT2D eigenvalue weighted by atomic mass is 32.2. The van der Waals surface area contributed by atoms with E-state index in [-0.39, 0.29) is 22.0 Å². The van der Waals surface area contributed by atoms with Gasteiger partial charge in [-0.2, -0.15) is 5.10 Å². The molecule has 0 saturated heterocycles. The quantitative estimate of drug-likeness (QED) is 0.250. The molecule has 0 fully saturated rings. The summed E-state index contributed by atoms with van der Waals surface area (Å²) in [6.45, 7) is 1.30. The van der Waals surface area contributed by atoms with Gasteiger partial charge in [0.2, 0.25) is 0 Å². The van der Waals surface area contributed by atoms with Crippen molar-refractivity contribution in [2.45, 2.75) is 11.8 Å². The number of ether oxygens (including phenoxy) is 2. The van der Waals surface area contributed by atoms with Crippen molar-refractivity contribution >= 4 is 33.5 Å². The van der Waals surface area contributed by atoms with Crippen LogP contribution in [0.4, 0.5) is 11.4 Å². The Morgan fingerprint density at radius 1 is 1.03 bits per heavy atom. The lowest BCUT2D eigenvalue weighted by atomic mass is 10.2. The SMILES string of the molecule is COc1ccc(S(=O)(=O)N(CC(=O)N/N=C\c2ccc([N+](=O)[O-])cc2)c2ccc(C)cc2)cc1OC. The molecule has 0 atom stereocenters. The average Bonchev–Trinajstić information content (AvgIpc) is 2.87. The zero-order valence-electron chi connectivity index (χ0n) is 19.7. The van der Waals surface area contributed by atoms with Crippen molar-refractivity contribution in [3.8, 4) is 11.5 Å². The highest BCUT2D eigenvalue weighted by Crippen LogP contribution is 2.32. The fourth-order valence-electron chi connectivity index (χ4n) is 3.16. The highest BCUT2D eigenvalue weighted by Gasteiger charge is 2.28. The number of non-ortho nitro benzene ring substituents is 1. The van der Waals surface area contributed by atoms with Gasteiger partial charge in [-0.25, -0.2) is 13.8 Å². The van der Waals surface area contributed by atoms with E-state index in [1.54, 1.807) is 24.3 Å². The maximum absolute atomic E-state index is 13.6. The van der Waals surface area contributed by atoms with Crippen LogP contribution in [-0.2, 0) is 14.8 Å². The number of sulfonamides is 1. The lowest BCUT2D eigenvalue weighted by Crippen LogP contribution is -2.39. The molecule has 0 bridgehead atoms. The average molecular weight is 513 g/mol. The molecule has 0 unspecified atom stereocenters. The molecule has 1 amide bonds. The number of aryl methyl sites for hydroxylation is 1. The molecule has 1 N–H and O–H groups in total. The molecule has 188 valence electrons. The van der Waals surface area contributed by atoms with E-state index in [1.807, 2.05) is 6.92 Å². The van der Waals surface area contributed by atoms with Crippen molar-refractivity contribution in [1.29, 1.82) is 0 Å². The molecule has 12 heteroatoms. The van der Waals surface area contributed by atoms with Crippen LogP contribution in [0.15, 0.2) is 76.7 Å². The number of nitrogens with zero attached hydrogens (tertiary/aromatic N) is 3. The number of methoxy groups -OCH3 is 2. The van der Waals surface area contributed by atoms with Gasteiger partial charge in [0.15, 0.2) is 11.5 Å².